The van der Waals surface area contributed by atoms with Crippen LogP contribution in [0.15, 0.2) is 18.2 Å². The predicted octanol–water partition coefficient (Wildman–Crippen LogP) is 2.39. The molecule has 0 unspecified atom stereocenters. The molecule has 0 radical (unpaired) electrons. The normalized spacial score (nSPS) is 22.1. The van der Waals surface area contributed by atoms with Gasteiger partial charge in [-0.1, -0.05) is 31.4 Å². The zero-order valence-electron chi connectivity index (χ0n) is 10.9. The van der Waals surface area contributed by atoms with E-state index >= 15 is 0 Å². The summed E-state index contributed by atoms with van der Waals surface area (Å²) in [6.45, 7) is 0.728. The van der Waals surface area contributed by atoms with Crippen molar-refractivity contribution < 1.29 is 4.79 Å². The molecule has 18 heavy (non-hydrogen) atoms. The van der Waals surface area contributed by atoms with Gasteiger partial charge >= 0.3 is 0 Å². The standard InChI is InChI=1S/C15H20N2O/c1-17-10-11-5-6-12(9-13(11)14(17)18)15(16)7-3-2-4-8-15/h5-6,9H,2-4,7-8,10,16H2,1H3. The molecule has 1 aromatic carbocycles. The molecule has 1 fully saturated rings. The number of fused-ring (bicyclic) bond motifs is 1. The van der Waals surface area contributed by atoms with Crippen LogP contribution in [-0.2, 0) is 12.1 Å². The van der Waals surface area contributed by atoms with E-state index in [0.717, 1.165) is 36.1 Å². The minimum Gasteiger partial charge on any atom is -0.337 e. The van der Waals surface area contributed by atoms with Crippen LogP contribution in [0.2, 0.25) is 0 Å². The van der Waals surface area contributed by atoms with Crippen LogP contribution in [0.1, 0.15) is 53.6 Å². The second kappa shape index (κ2) is 4.09. The van der Waals surface area contributed by atoms with Crippen LogP contribution in [-0.4, -0.2) is 17.9 Å². The van der Waals surface area contributed by atoms with Crippen molar-refractivity contribution in [1.29, 1.82) is 0 Å². The van der Waals surface area contributed by atoms with E-state index in [1.807, 2.05) is 13.1 Å². The molecule has 1 aromatic rings. The Balaban J connectivity index is 1.98. The van der Waals surface area contributed by atoms with Crippen LogP contribution < -0.4 is 5.73 Å². The van der Waals surface area contributed by atoms with E-state index in [2.05, 4.69) is 12.1 Å². The molecule has 1 aliphatic heterocycles. The van der Waals surface area contributed by atoms with E-state index in [1.54, 1.807) is 4.90 Å². The van der Waals surface area contributed by atoms with Gasteiger partial charge < -0.3 is 10.6 Å². The molecule has 1 saturated carbocycles. The quantitative estimate of drug-likeness (QED) is 0.824. The first kappa shape index (κ1) is 11.7. The van der Waals surface area contributed by atoms with Crippen LogP contribution in [0, 0.1) is 0 Å². The van der Waals surface area contributed by atoms with Gasteiger partial charge in [0, 0.05) is 24.7 Å². The van der Waals surface area contributed by atoms with E-state index in [1.165, 1.54) is 19.3 Å². The largest absolute Gasteiger partial charge is 0.337 e. The highest BCUT2D eigenvalue weighted by atomic mass is 16.2. The first-order valence-corrected chi connectivity index (χ1v) is 6.78. The lowest BCUT2D eigenvalue weighted by atomic mass is 9.77. The molecule has 1 heterocycles. The number of carbonyl (C=O) groups excluding carboxylic acids is 1. The molecule has 2 N–H and O–H groups in total. The van der Waals surface area contributed by atoms with E-state index in [0.29, 0.717) is 0 Å². The van der Waals surface area contributed by atoms with Gasteiger partial charge in [-0.2, -0.15) is 0 Å². The van der Waals surface area contributed by atoms with E-state index in [9.17, 15) is 4.79 Å². The third-order valence-electron chi connectivity index (χ3n) is 4.42. The van der Waals surface area contributed by atoms with Crippen molar-refractivity contribution in [2.45, 2.75) is 44.2 Å². The van der Waals surface area contributed by atoms with E-state index in [4.69, 9.17) is 5.73 Å². The third-order valence-corrected chi connectivity index (χ3v) is 4.42. The van der Waals surface area contributed by atoms with E-state index < -0.39 is 0 Å². The molecule has 0 aromatic heterocycles. The fourth-order valence-corrected chi connectivity index (χ4v) is 3.23. The van der Waals surface area contributed by atoms with Crippen molar-refractivity contribution in [2.75, 3.05) is 7.05 Å². The summed E-state index contributed by atoms with van der Waals surface area (Å²) >= 11 is 0. The fraction of sp³-hybridized carbons (Fsp3) is 0.533. The molecule has 3 rings (SSSR count). The van der Waals surface area contributed by atoms with Gasteiger partial charge in [0.05, 0.1) is 0 Å². The summed E-state index contributed by atoms with van der Waals surface area (Å²) in [5, 5.41) is 0. The Labute approximate surface area is 108 Å². The average molecular weight is 244 g/mol. The average Bonchev–Trinajstić information content (AvgIpc) is 2.66. The number of hydrogen-bond donors (Lipinski definition) is 1. The van der Waals surface area contributed by atoms with Gasteiger partial charge in [0.15, 0.2) is 0 Å². The summed E-state index contributed by atoms with van der Waals surface area (Å²) in [7, 11) is 1.85. The first-order valence-electron chi connectivity index (χ1n) is 6.78. The van der Waals surface area contributed by atoms with Gasteiger partial charge in [0.1, 0.15) is 0 Å². The summed E-state index contributed by atoms with van der Waals surface area (Å²) in [6.07, 6.45) is 5.75. The van der Waals surface area contributed by atoms with Crippen LogP contribution in [0.3, 0.4) is 0 Å². The zero-order chi connectivity index (χ0) is 12.8. The topological polar surface area (TPSA) is 46.3 Å². The number of rotatable bonds is 1. The maximum atomic E-state index is 12.0. The van der Waals surface area contributed by atoms with Crippen molar-refractivity contribution >= 4 is 5.91 Å². The van der Waals surface area contributed by atoms with Gasteiger partial charge in [0.25, 0.3) is 5.91 Å². The highest BCUT2D eigenvalue weighted by molar-refractivity contribution is 5.98. The summed E-state index contributed by atoms with van der Waals surface area (Å²) < 4.78 is 0. The van der Waals surface area contributed by atoms with Crippen LogP contribution >= 0.6 is 0 Å². The van der Waals surface area contributed by atoms with Gasteiger partial charge in [-0.15, -0.1) is 0 Å². The summed E-state index contributed by atoms with van der Waals surface area (Å²) in [5.41, 5.74) is 9.44. The number of nitrogens with zero attached hydrogens (tertiary/aromatic N) is 1. The third kappa shape index (κ3) is 1.74. The molecule has 0 spiro atoms. The number of carbonyl (C=O) groups is 1. The molecule has 0 bridgehead atoms. The molecule has 2 aliphatic rings. The molecule has 96 valence electrons. The number of nitrogens with two attached hydrogens (primary N) is 1. The van der Waals surface area contributed by atoms with Crippen molar-refractivity contribution in [3.63, 3.8) is 0 Å². The van der Waals surface area contributed by atoms with Gasteiger partial charge in [-0.25, -0.2) is 0 Å². The number of hydrogen-bond acceptors (Lipinski definition) is 2. The second-order valence-corrected chi connectivity index (χ2v) is 5.75. The molecule has 0 atom stereocenters. The van der Waals surface area contributed by atoms with Gasteiger partial charge in [0.2, 0.25) is 0 Å². The Bertz CT molecular complexity index is 489. The number of benzene rings is 1. The Hall–Kier alpha value is -1.35. The highest BCUT2D eigenvalue weighted by Gasteiger charge is 2.32. The van der Waals surface area contributed by atoms with Crippen molar-refractivity contribution in [3.8, 4) is 0 Å². The summed E-state index contributed by atoms with van der Waals surface area (Å²) in [6, 6.07) is 6.23. The Kier molecular flexibility index (Phi) is 2.67. The maximum Gasteiger partial charge on any atom is 0.254 e. The summed E-state index contributed by atoms with van der Waals surface area (Å²) in [4.78, 5) is 13.8. The molecule has 3 nitrogen and oxygen atoms in total. The SMILES string of the molecule is CN1Cc2ccc(C3(N)CCCCC3)cc2C1=O. The summed E-state index contributed by atoms with van der Waals surface area (Å²) in [5.74, 6) is 0.131. The lowest BCUT2D eigenvalue weighted by Gasteiger charge is -2.34. The second-order valence-electron chi connectivity index (χ2n) is 5.75. The van der Waals surface area contributed by atoms with Crippen molar-refractivity contribution in [2.24, 2.45) is 5.73 Å². The zero-order valence-corrected chi connectivity index (χ0v) is 10.9. The number of amides is 1. The molecule has 1 amide bonds. The molecule has 0 saturated heterocycles. The van der Waals surface area contributed by atoms with Crippen molar-refractivity contribution in [1.82, 2.24) is 4.90 Å². The fourth-order valence-electron chi connectivity index (χ4n) is 3.23. The van der Waals surface area contributed by atoms with Crippen LogP contribution in [0.25, 0.3) is 0 Å². The Morgan fingerprint density at radius 2 is 1.94 bits per heavy atom. The van der Waals surface area contributed by atoms with E-state index in [-0.39, 0.29) is 11.4 Å². The smallest absolute Gasteiger partial charge is 0.254 e. The molecule has 1 aliphatic carbocycles. The Morgan fingerprint density at radius 3 is 2.67 bits per heavy atom. The minimum absolute atomic E-state index is 0.131. The van der Waals surface area contributed by atoms with Crippen LogP contribution in [0.4, 0.5) is 0 Å². The monoisotopic (exact) mass is 244 g/mol. The lowest BCUT2D eigenvalue weighted by molar-refractivity contribution is 0.0816. The molecular weight excluding hydrogens is 224 g/mol. The highest BCUT2D eigenvalue weighted by Crippen LogP contribution is 2.36. The van der Waals surface area contributed by atoms with Crippen molar-refractivity contribution in [3.05, 3.63) is 34.9 Å². The van der Waals surface area contributed by atoms with Gasteiger partial charge in [-0.05, 0) is 30.0 Å². The van der Waals surface area contributed by atoms with Crippen LogP contribution in [0.5, 0.6) is 0 Å². The predicted molar refractivity (Wildman–Crippen MR) is 71.2 cm³/mol. The molecular formula is C15H20N2O. The molecule has 3 heteroatoms. The maximum absolute atomic E-state index is 12.0. The lowest BCUT2D eigenvalue weighted by Crippen LogP contribution is -2.38. The minimum atomic E-state index is -0.214. The first-order chi connectivity index (χ1) is 8.60. The Morgan fingerprint density at radius 1 is 1.22 bits per heavy atom. The van der Waals surface area contributed by atoms with Gasteiger partial charge in [-0.3, -0.25) is 4.79 Å².